The van der Waals surface area contributed by atoms with Crippen molar-refractivity contribution in [1.82, 2.24) is 4.98 Å². The first-order valence-electron chi connectivity index (χ1n) is 7.54. The van der Waals surface area contributed by atoms with Crippen LogP contribution in [0, 0.1) is 12.3 Å². The number of para-hydroxylation sites is 1. The number of hydrogen-bond acceptors (Lipinski definition) is 6. The Balaban J connectivity index is 1.72. The maximum Gasteiger partial charge on any atom is 0.358 e. The quantitative estimate of drug-likeness (QED) is 0.487. The Morgan fingerprint density at radius 2 is 2.20 bits per heavy atom. The molecule has 2 heterocycles. The molecule has 5 nitrogen and oxygen atoms in total. The second kappa shape index (κ2) is 7.69. The van der Waals surface area contributed by atoms with Crippen LogP contribution in [-0.2, 0) is 4.74 Å². The smallest absolute Gasteiger partial charge is 0.358 e. The fourth-order valence-corrected chi connectivity index (χ4v) is 2.99. The lowest BCUT2D eigenvalue weighted by Gasteiger charge is -2.16. The molecule has 1 atom stereocenters. The van der Waals surface area contributed by atoms with E-state index in [1.807, 2.05) is 18.2 Å². The Labute approximate surface area is 149 Å². The normalized spacial score (nSPS) is 11.5. The third kappa shape index (κ3) is 3.90. The summed E-state index contributed by atoms with van der Waals surface area (Å²) in [5.74, 6) is 3.12. The fourth-order valence-electron chi connectivity index (χ4n) is 2.23. The molecule has 0 saturated heterocycles. The monoisotopic (exact) mass is 353 g/mol. The molecule has 1 unspecified atom stereocenters. The Morgan fingerprint density at radius 3 is 2.96 bits per heavy atom. The first-order chi connectivity index (χ1) is 12.2. The van der Waals surface area contributed by atoms with Crippen molar-refractivity contribution in [2.75, 3.05) is 6.61 Å². The highest BCUT2D eigenvalue weighted by molar-refractivity contribution is 7.13. The highest BCUT2D eigenvalue weighted by Crippen LogP contribution is 2.29. The number of aromatic nitrogens is 1. The van der Waals surface area contributed by atoms with Gasteiger partial charge in [0, 0.05) is 10.9 Å². The Bertz CT molecular complexity index is 892. The number of ether oxygens (including phenoxy) is 2. The average Bonchev–Trinajstić information content (AvgIpc) is 3.31. The number of benzene rings is 1. The van der Waals surface area contributed by atoms with Crippen molar-refractivity contribution in [2.45, 2.75) is 13.0 Å². The number of furan rings is 1. The van der Waals surface area contributed by atoms with E-state index in [4.69, 9.17) is 20.3 Å². The summed E-state index contributed by atoms with van der Waals surface area (Å²) in [6, 6.07) is 10.9. The molecule has 2 aromatic heterocycles. The van der Waals surface area contributed by atoms with E-state index >= 15 is 0 Å². The highest BCUT2D eigenvalue weighted by Gasteiger charge is 2.20. The van der Waals surface area contributed by atoms with E-state index in [1.54, 1.807) is 36.8 Å². The molecule has 126 valence electrons. The van der Waals surface area contributed by atoms with Gasteiger partial charge in [0.1, 0.15) is 18.5 Å². The summed E-state index contributed by atoms with van der Waals surface area (Å²) in [5, 5.41) is 2.27. The van der Waals surface area contributed by atoms with Crippen molar-refractivity contribution >= 4 is 17.3 Å². The molecular formula is C19H15NO4S. The van der Waals surface area contributed by atoms with Crippen molar-refractivity contribution < 1.29 is 18.7 Å². The minimum absolute atomic E-state index is 0.149. The van der Waals surface area contributed by atoms with E-state index in [1.165, 1.54) is 11.3 Å². The number of carbonyl (C=O) groups is 1. The molecule has 3 aromatic rings. The standard InChI is InChI=1S/C19H15NO4S/c1-3-10-22-16-8-5-4-7-14(16)13(2)24-19(21)15-12-25-18(20-15)17-9-6-11-23-17/h1,4-9,11-13H,10H2,2H3. The van der Waals surface area contributed by atoms with Gasteiger partial charge < -0.3 is 13.9 Å². The van der Waals surface area contributed by atoms with E-state index in [-0.39, 0.29) is 12.3 Å². The molecule has 0 amide bonds. The van der Waals surface area contributed by atoms with E-state index in [0.717, 1.165) is 5.56 Å². The van der Waals surface area contributed by atoms with Gasteiger partial charge in [0.05, 0.1) is 6.26 Å². The molecule has 3 rings (SSSR count). The molecule has 6 heteroatoms. The molecule has 25 heavy (non-hydrogen) atoms. The lowest BCUT2D eigenvalue weighted by atomic mass is 10.1. The molecule has 0 N–H and O–H groups in total. The molecule has 0 radical (unpaired) electrons. The van der Waals surface area contributed by atoms with Crippen LogP contribution >= 0.6 is 11.3 Å². The SMILES string of the molecule is C#CCOc1ccccc1C(C)OC(=O)c1csc(-c2ccco2)n1. The van der Waals surface area contributed by atoms with Gasteiger partial charge in [-0.05, 0) is 25.1 Å². The van der Waals surface area contributed by atoms with Gasteiger partial charge in [0.25, 0.3) is 0 Å². The van der Waals surface area contributed by atoms with Crippen LogP contribution in [0.1, 0.15) is 29.1 Å². The molecule has 0 bridgehead atoms. The zero-order valence-corrected chi connectivity index (χ0v) is 14.3. The van der Waals surface area contributed by atoms with Crippen LogP contribution < -0.4 is 4.74 Å². The molecule has 0 fully saturated rings. The number of nitrogens with zero attached hydrogens (tertiary/aromatic N) is 1. The number of hydrogen-bond donors (Lipinski definition) is 0. The summed E-state index contributed by atoms with van der Waals surface area (Å²) in [6.07, 6.45) is 6.28. The van der Waals surface area contributed by atoms with E-state index in [2.05, 4.69) is 10.9 Å². The summed E-state index contributed by atoms with van der Waals surface area (Å²) < 4.78 is 16.3. The van der Waals surface area contributed by atoms with Crippen LogP contribution in [-0.4, -0.2) is 17.6 Å². The lowest BCUT2D eigenvalue weighted by molar-refractivity contribution is 0.0327. The molecule has 0 aliphatic carbocycles. The van der Waals surface area contributed by atoms with E-state index in [9.17, 15) is 4.79 Å². The van der Waals surface area contributed by atoms with Crippen LogP contribution in [0.3, 0.4) is 0 Å². The predicted octanol–water partition coefficient (Wildman–Crippen LogP) is 4.33. The molecule has 1 aromatic carbocycles. The largest absolute Gasteiger partial charge is 0.481 e. The minimum atomic E-state index is -0.506. The number of carbonyl (C=O) groups excluding carboxylic acids is 1. The second-order valence-corrected chi connectivity index (χ2v) is 5.95. The Kier molecular flexibility index (Phi) is 5.17. The maximum atomic E-state index is 12.4. The third-order valence-corrected chi connectivity index (χ3v) is 4.25. The van der Waals surface area contributed by atoms with Gasteiger partial charge in [-0.15, -0.1) is 17.8 Å². The van der Waals surface area contributed by atoms with Gasteiger partial charge in [0.15, 0.2) is 16.5 Å². The molecule has 0 spiro atoms. The van der Waals surface area contributed by atoms with Crippen LogP contribution in [0.4, 0.5) is 0 Å². The second-order valence-electron chi connectivity index (χ2n) is 5.09. The summed E-state index contributed by atoms with van der Waals surface area (Å²) in [7, 11) is 0. The van der Waals surface area contributed by atoms with Crippen LogP contribution in [0.5, 0.6) is 5.75 Å². The molecular weight excluding hydrogens is 338 g/mol. The third-order valence-electron chi connectivity index (χ3n) is 3.40. The Morgan fingerprint density at radius 1 is 1.36 bits per heavy atom. The van der Waals surface area contributed by atoms with Crippen LogP contribution in [0.25, 0.3) is 10.8 Å². The first kappa shape index (κ1) is 16.8. The van der Waals surface area contributed by atoms with Crippen molar-refractivity contribution in [3.63, 3.8) is 0 Å². The summed E-state index contributed by atoms with van der Waals surface area (Å²) in [4.78, 5) is 16.6. The van der Waals surface area contributed by atoms with E-state index in [0.29, 0.717) is 16.5 Å². The first-order valence-corrected chi connectivity index (χ1v) is 8.42. The van der Waals surface area contributed by atoms with Gasteiger partial charge in [0.2, 0.25) is 0 Å². The number of terminal acetylenes is 1. The lowest BCUT2D eigenvalue weighted by Crippen LogP contribution is -2.11. The molecule has 0 saturated carbocycles. The topological polar surface area (TPSA) is 61.6 Å². The average molecular weight is 353 g/mol. The van der Waals surface area contributed by atoms with Gasteiger partial charge >= 0.3 is 5.97 Å². The highest BCUT2D eigenvalue weighted by atomic mass is 32.1. The zero-order chi connectivity index (χ0) is 17.6. The predicted molar refractivity (Wildman–Crippen MR) is 94.4 cm³/mol. The Hall–Kier alpha value is -3.04. The van der Waals surface area contributed by atoms with Gasteiger partial charge in [-0.25, -0.2) is 9.78 Å². The summed E-state index contributed by atoms with van der Waals surface area (Å²) in [6.45, 7) is 1.92. The van der Waals surface area contributed by atoms with Gasteiger partial charge in [-0.3, -0.25) is 0 Å². The van der Waals surface area contributed by atoms with Crippen molar-refractivity contribution in [3.8, 4) is 28.9 Å². The number of rotatable bonds is 6. The van der Waals surface area contributed by atoms with Crippen molar-refractivity contribution in [1.29, 1.82) is 0 Å². The zero-order valence-electron chi connectivity index (χ0n) is 13.5. The maximum absolute atomic E-state index is 12.4. The molecule has 0 aliphatic heterocycles. The van der Waals surface area contributed by atoms with Crippen molar-refractivity contribution in [3.05, 3.63) is 59.3 Å². The van der Waals surface area contributed by atoms with E-state index < -0.39 is 12.1 Å². The van der Waals surface area contributed by atoms with Gasteiger partial charge in [-0.1, -0.05) is 24.1 Å². The fraction of sp³-hybridized carbons (Fsp3) is 0.158. The molecule has 0 aliphatic rings. The number of thiazole rings is 1. The minimum Gasteiger partial charge on any atom is -0.481 e. The van der Waals surface area contributed by atoms with Crippen LogP contribution in [0.2, 0.25) is 0 Å². The summed E-state index contributed by atoms with van der Waals surface area (Å²) in [5.41, 5.74) is 0.984. The van der Waals surface area contributed by atoms with Crippen LogP contribution in [0.15, 0.2) is 52.5 Å². The number of esters is 1. The van der Waals surface area contributed by atoms with Gasteiger partial charge in [-0.2, -0.15) is 0 Å². The summed E-state index contributed by atoms with van der Waals surface area (Å²) >= 11 is 1.32. The van der Waals surface area contributed by atoms with Crippen molar-refractivity contribution in [2.24, 2.45) is 0 Å².